The first-order valence-electron chi connectivity index (χ1n) is 9.13. The number of nitrogens with one attached hydrogen (secondary N) is 1. The van der Waals surface area contributed by atoms with Crippen LogP contribution in [0.5, 0.6) is 17.4 Å². The van der Waals surface area contributed by atoms with Crippen molar-refractivity contribution in [1.82, 2.24) is 4.98 Å². The van der Waals surface area contributed by atoms with Gasteiger partial charge in [-0.05, 0) is 47.4 Å². The molecule has 1 amide bonds. The molecule has 3 rings (SSSR count). The zero-order valence-corrected chi connectivity index (χ0v) is 16.3. The molecule has 28 heavy (non-hydrogen) atoms. The van der Waals surface area contributed by atoms with Gasteiger partial charge in [-0.15, -0.1) is 0 Å². The molecule has 0 radical (unpaired) electrons. The lowest BCUT2D eigenvalue weighted by atomic mass is 9.86. The normalized spacial score (nSPS) is 11.0. The SMILES string of the molecule is CC(C)(C)c1ccccc1NC(=O)COc1ccc(Oc2ccccn2)cc1. The second-order valence-corrected chi connectivity index (χ2v) is 7.37. The number of hydrogen-bond acceptors (Lipinski definition) is 4. The molecule has 1 aromatic heterocycles. The molecule has 0 spiro atoms. The third-order valence-electron chi connectivity index (χ3n) is 4.06. The van der Waals surface area contributed by atoms with E-state index in [9.17, 15) is 4.79 Å². The van der Waals surface area contributed by atoms with E-state index in [0.29, 0.717) is 17.4 Å². The minimum absolute atomic E-state index is 0.0613. The van der Waals surface area contributed by atoms with Crippen LogP contribution >= 0.6 is 0 Å². The van der Waals surface area contributed by atoms with Crippen molar-refractivity contribution in [1.29, 1.82) is 0 Å². The summed E-state index contributed by atoms with van der Waals surface area (Å²) < 4.78 is 11.2. The van der Waals surface area contributed by atoms with E-state index in [4.69, 9.17) is 9.47 Å². The third-order valence-corrected chi connectivity index (χ3v) is 4.06. The first-order chi connectivity index (χ1) is 13.4. The third kappa shape index (κ3) is 5.33. The zero-order chi connectivity index (χ0) is 20.0. The molecule has 0 aliphatic carbocycles. The smallest absolute Gasteiger partial charge is 0.262 e. The van der Waals surface area contributed by atoms with Crippen LogP contribution in [0.4, 0.5) is 5.69 Å². The predicted molar refractivity (Wildman–Crippen MR) is 110 cm³/mol. The highest BCUT2D eigenvalue weighted by Gasteiger charge is 2.18. The Morgan fingerprint density at radius 2 is 1.61 bits per heavy atom. The molecule has 5 heteroatoms. The zero-order valence-electron chi connectivity index (χ0n) is 16.3. The number of para-hydroxylation sites is 1. The molecular formula is C23H24N2O3. The lowest BCUT2D eigenvalue weighted by Gasteiger charge is -2.23. The van der Waals surface area contributed by atoms with E-state index in [0.717, 1.165) is 11.3 Å². The highest BCUT2D eigenvalue weighted by molar-refractivity contribution is 5.92. The van der Waals surface area contributed by atoms with Crippen molar-refractivity contribution in [3.63, 3.8) is 0 Å². The summed E-state index contributed by atoms with van der Waals surface area (Å²) in [5.41, 5.74) is 1.83. The predicted octanol–water partition coefficient (Wildman–Crippen LogP) is 5.19. The average Bonchev–Trinajstić information content (AvgIpc) is 2.68. The average molecular weight is 376 g/mol. The van der Waals surface area contributed by atoms with Crippen LogP contribution in [-0.2, 0) is 10.2 Å². The fourth-order valence-electron chi connectivity index (χ4n) is 2.71. The van der Waals surface area contributed by atoms with E-state index < -0.39 is 0 Å². The molecule has 144 valence electrons. The van der Waals surface area contributed by atoms with Crippen molar-refractivity contribution in [2.45, 2.75) is 26.2 Å². The second-order valence-electron chi connectivity index (χ2n) is 7.37. The van der Waals surface area contributed by atoms with Crippen LogP contribution in [0.3, 0.4) is 0 Å². The molecule has 0 unspecified atom stereocenters. The van der Waals surface area contributed by atoms with Crippen molar-refractivity contribution in [3.8, 4) is 17.4 Å². The minimum Gasteiger partial charge on any atom is -0.484 e. The Hall–Kier alpha value is -3.34. The summed E-state index contributed by atoms with van der Waals surface area (Å²) in [4.78, 5) is 16.4. The van der Waals surface area contributed by atoms with Crippen LogP contribution in [0, 0.1) is 0 Å². The van der Waals surface area contributed by atoms with Gasteiger partial charge in [-0.2, -0.15) is 0 Å². The van der Waals surface area contributed by atoms with Gasteiger partial charge in [0.05, 0.1) is 0 Å². The van der Waals surface area contributed by atoms with Crippen LogP contribution in [-0.4, -0.2) is 17.5 Å². The summed E-state index contributed by atoms with van der Waals surface area (Å²) in [6.07, 6.45) is 1.67. The van der Waals surface area contributed by atoms with Gasteiger partial charge in [-0.3, -0.25) is 4.79 Å². The van der Waals surface area contributed by atoms with Gasteiger partial charge in [-0.1, -0.05) is 45.0 Å². The van der Waals surface area contributed by atoms with E-state index in [-0.39, 0.29) is 17.9 Å². The van der Waals surface area contributed by atoms with E-state index in [1.54, 1.807) is 36.5 Å². The fourth-order valence-corrected chi connectivity index (χ4v) is 2.71. The van der Waals surface area contributed by atoms with Gasteiger partial charge in [0.2, 0.25) is 5.88 Å². The topological polar surface area (TPSA) is 60.5 Å². The van der Waals surface area contributed by atoms with Crippen LogP contribution in [0.2, 0.25) is 0 Å². The van der Waals surface area contributed by atoms with E-state index in [2.05, 4.69) is 31.1 Å². The molecular weight excluding hydrogens is 352 g/mol. The molecule has 0 bridgehead atoms. The van der Waals surface area contributed by atoms with Gasteiger partial charge in [0.15, 0.2) is 6.61 Å². The van der Waals surface area contributed by atoms with Crippen molar-refractivity contribution >= 4 is 11.6 Å². The molecule has 0 saturated heterocycles. The second kappa shape index (κ2) is 8.57. The maximum Gasteiger partial charge on any atom is 0.262 e. The Bertz CT molecular complexity index is 917. The van der Waals surface area contributed by atoms with Crippen LogP contribution < -0.4 is 14.8 Å². The number of anilines is 1. The van der Waals surface area contributed by atoms with Gasteiger partial charge in [0, 0.05) is 18.0 Å². The Morgan fingerprint density at radius 3 is 2.29 bits per heavy atom. The van der Waals surface area contributed by atoms with Crippen molar-refractivity contribution in [2.75, 3.05) is 11.9 Å². The Morgan fingerprint density at radius 1 is 0.929 bits per heavy atom. The van der Waals surface area contributed by atoms with E-state index in [1.807, 2.05) is 36.4 Å². The fraction of sp³-hybridized carbons (Fsp3) is 0.217. The van der Waals surface area contributed by atoms with Crippen LogP contribution in [0.15, 0.2) is 72.9 Å². The summed E-state index contributed by atoms with van der Waals surface area (Å²) in [6, 6.07) is 20.3. The Balaban J connectivity index is 1.55. The van der Waals surface area contributed by atoms with Gasteiger partial charge in [0.25, 0.3) is 5.91 Å². The van der Waals surface area contributed by atoms with Gasteiger partial charge in [-0.25, -0.2) is 4.98 Å². The number of aromatic nitrogens is 1. The molecule has 0 saturated carbocycles. The summed E-state index contributed by atoms with van der Waals surface area (Å²) in [5.74, 6) is 1.56. The quantitative estimate of drug-likeness (QED) is 0.643. The Labute approximate surface area is 165 Å². The van der Waals surface area contributed by atoms with E-state index >= 15 is 0 Å². The van der Waals surface area contributed by atoms with Crippen molar-refractivity contribution < 1.29 is 14.3 Å². The number of rotatable bonds is 6. The molecule has 2 aromatic carbocycles. The standard InChI is InChI=1S/C23H24N2O3/c1-23(2,3)19-8-4-5-9-20(19)25-21(26)16-27-17-11-13-18(14-12-17)28-22-10-6-7-15-24-22/h4-15H,16H2,1-3H3,(H,25,26). The van der Waals surface area contributed by atoms with Crippen molar-refractivity contribution in [3.05, 3.63) is 78.5 Å². The first kappa shape index (κ1) is 19.4. The monoisotopic (exact) mass is 376 g/mol. The number of amides is 1. The highest BCUT2D eigenvalue weighted by Crippen LogP contribution is 2.29. The number of benzene rings is 2. The molecule has 0 atom stereocenters. The Kier molecular flexibility index (Phi) is 5.94. The maximum atomic E-state index is 12.3. The molecule has 1 N–H and O–H groups in total. The van der Waals surface area contributed by atoms with Gasteiger partial charge >= 0.3 is 0 Å². The van der Waals surface area contributed by atoms with Gasteiger partial charge in [0.1, 0.15) is 11.5 Å². The largest absolute Gasteiger partial charge is 0.484 e. The summed E-state index contributed by atoms with van der Waals surface area (Å²) in [6.45, 7) is 6.27. The molecule has 0 aliphatic rings. The minimum atomic E-state index is -0.203. The molecule has 3 aromatic rings. The lowest BCUT2D eigenvalue weighted by molar-refractivity contribution is -0.118. The van der Waals surface area contributed by atoms with Crippen LogP contribution in [0.1, 0.15) is 26.3 Å². The maximum absolute atomic E-state index is 12.3. The van der Waals surface area contributed by atoms with Gasteiger partial charge < -0.3 is 14.8 Å². The molecule has 0 aliphatic heterocycles. The van der Waals surface area contributed by atoms with Crippen LogP contribution in [0.25, 0.3) is 0 Å². The number of pyridine rings is 1. The first-order valence-corrected chi connectivity index (χ1v) is 9.13. The molecule has 0 fully saturated rings. The molecule has 1 heterocycles. The summed E-state index contributed by atoms with van der Waals surface area (Å²) >= 11 is 0. The van der Waals surface area contributed by atoms with Crippen molar-refractivity contribution in [2.24, 2.45) is 0 Å². The number of nitrogens with zero attached hydrogens (tertiary/aromatic N) is 1. The number of carbonyl (C=O) groups is 1. The summed E-state index contributed by atoms with van der Waals surface area (Å²) in [7, 11) is 0. The van der Waals surface area contributed by atoms with E-state index in [1.165, 1.54) is 0 Å². The number of hydrogen-bond donors (Lipinski definition) is 1. The molecule has 5 nitrogen and oxygen atoms in total. The summed E-state index contributed by atoms with van der Waals surface area (Å²) in [5, 5.41) is 2.93. The highest BCUT2D eigenvalue weighted by atomic mass is 16.5. The number of ether oxygens (including phenoxy) is 2. The lowest BCUT2D eigenvalue weighted by Crippen LogP contribution is -2.23. The number of carbonyl (C=O) groups excluding carboxylic acids is 1.